The summed E-state index contributed by atoms with van der Waals surface area (Å²) in [7, 11) is 0. The standard InChI is InChI=1S/C10H8F3N5O/c11-10(12,13)6-18-5-7(3-16-18)17-9(19)8-4-14-1-2-15-8/h1-5H,6H2,(H,17,19). The third-order valence-corrected chi connectivity index (χ3v) is 2.03. The molecule has 0 radical (unpaired) electrons. The molecule has 0 aromatic carbocycles. The maximum Gasteiger partial charge on any atom is 0.408 e. The molecule has 1 N–H and O–H groups in total. The van der Waals surface area contributed by atoms with Gasteiger partial charge < -0.3 is 5.32 Å². The van der Waals surface area contributed by atoms with E-state index in [0.717, 1.165) is 12.4 Å². The predicted molar refractivity (Wildman–Crippen MR) is 58.3 cm³/mol. The largest absolute Gasteiger partial charge is 0.408 e. The van der Waals surface area contributed by atoms with Crippen molar-refractivity contribution in [3.63, 3.8) is 0 Å². The number of aromatic nitrogens is 4. The molecule has 0 saturated carbocycles. The van der Waals surface area contributed by atoms with E-state index < -0.39 is 18.6 Å². The molecule has 0 spiro atoms. The van der Waals surface area contributed by atoms with Gasteiger partial charge >= 0.3 is 6.18 Å². The molecule has 2 aromatic rings. The summed E-state index contributed by atoms with van der Waals surface area (Å²) in [5.74, 6) is -0.570. The van der Waals surface area contributed by atoms with Gasteiger partial charge in [-0.1, -0.05) is 0 Å². The second kappa shape index (κ2) is 5.04. The fraction of sp³-hybridized carbons (Fsp3) is 0.200. The lowest BCUT2D eigenvalue weighted by atomic mass is 10.4. The lowest BCUT2D eigenvalue weighted by Crippen LogP contribution is -2.18. The summed E-state index contributed by atoms with van der Waals surface area (Å²) in [6.45, 7) is -1.21. The van der Waals surface area contributed by atoms with E-state index in [1.54, 1.807) is 0 Å². The Labute approximate surface area is 105 Å². The molecule has 2 rings (SSSR count). The number of nitrogens with zero attached hydrogens (tertiary/aromatic N) is 4. The van der Waals surface area contributed by atoms with Gasteiger partial charge in [-0.2, -0.15) is 18.3 Å². The second-order valence-electron chi connectivity index (χ2n) is 3.59. The van der Waals surface area contributed by atoms with Crippen molar-refractivity contribution in [2.45, 2.75) is 12.7 Å². The number of carbonyl (C=O) groups excluding carboxylic acids is 1. The number of alkyl halides is 3. The third-order valence-electron chi connectivity index (χ3n) is 2.03. The molecule has 6 nitrogen and oxygen atoms in total. The van der Waals surface area contributed by atoms with Crippen molar-refractivity contribution in [2.75, 3.05) is 5.32 Å². The zero-order valence-electron chi connectivity index (χ0n) is 9.42. The van der Waals surface area contributed by atoms with E-state index in [0.29, 0.717) is 4.68 Å². The van der Waals surface area contributed by atoms with Gasteiger partial charge in [-0.05, 0) is 0 Å². The molecule has 0 unspecified atom stereocenters. The first kappa shape index (κ1) is 13.0. The molecule has 9 heteroatoms. The summed E-state index contributed by atoms with van der Waals surface area (Å²) in [5.41, 5.74) is 0.214. The normalized spacial score (nSPS) is 11.3. The Bertz CT molecular complexity index is 566. The Morgan fingerprint density at radius 3 is 2.74 bits per heavy atom. The van der Waals surface area contributed by atoms with Crippen molar-refractivity contribution < 1.29 is 18.0 Å². The number of amides is 1. The van der Waals surface area contributed by atoms with Crippen molar-refractivity contribution in [3.05, 3.63) is 36.7 Å². The second-order valence-corrected chi connectivity index (χ2v) is 3.59. The van der Waals surface area contributed by atoms with Crippen LogP contribution in [0.1, 0.15) is 10.5 Å². The number of hydrogen-bond acceptors (Lipinski definition) is 4. The van der Waals surface area contributed by atoms with Crippen LogP contribution < -0.4 is 5.32 Å². The van der Waals surface area contributed by atoms with E-state index in [9.17, 15) is 18.0 Å². The monoisotopic (exact) mass is 271 g/mol. The van der Waals surface area contributed by atoms with Gasteiger partial charge in [-0.15, -0.1) is 0 Å². The first-order valence-electron chi connectivity index (χ1n) is 5.10. The van der Waals surface area contributed by atoms with E-state index in [1.165, 1.54) is 18.6 Å². The molecule has 1 amide bonds. The van der Waals surface area contributed by atoms with E-state index in [2.05, 4.69) is 20.4 Å². The molecule has 0 aliphatic heterocycles. The van der Waals surface area contributed by atoms with Gasteiger partial charge in [0.2, 0.25) is 0 Å². The first-order chi connectivity index (χ1) is 8.94. The molecule has 19 heavy (non-hydrogen) atoms. The maximum atomic E-state index is 12.1. The van der Waals surface area contributed by atoms with Crippen molar-refractivity contribution in [3.8, 4) is 0 Å². The molecular weight excluding hydrogens is 263 g/mol. The van der Waals surface area contributed by atoms with Gasteiger partial charge in [-0.3, -0.25) is 14.5 Å². The van der Waals surface area contributed by atoms with Crippen LogP contribution in [0, 0.1) is 0 Å². The lowest BCUT2D eigenvalue weighted by molar-refractivity contribution is -0.142. The van der Waals surface area contributed by atoms with Crippen LogP contribution >= 0.6 is 0 Å². The summed E-state index contributed by atoms with van der Waals surface area (Å²) in [6, 6.07) is 0. The zero-order chi connectivity index (χ0) is 13.9. The molecule has 2 aromatic heterocycles. The topological polar surface area (TPSA) is 72.7 Å². The molecule has 0 bridgehead atoms. The number of carbonyl (C=O) groups is 1. The summed E-state index contributed by atoms with van der Waals surface area (Å²) in [5, 5.41) is 5.87. The Morgan fingerprint density at radius 2 is 2.11 bits per heavy atom. The Hall–Kier alpha value is -2.45. The maximum absolute atomic E-state index is 12.1. The van der Waals surface area contributed by atoms with Crippen LogP contribution in [0.5, 0.6) is 0 Å². The van der Waals surface area contributed by atoms with Gasteiger partial charge in [0.05, 0.1) is 18.1 Å². The SMILES string of the molecule is O=C(Nc1cnn(CC(F)(F)F)c1)c1cnccn1. The van der Waals surface area contributed by atoms with Crippen LogP contribution in [0.25, 0.3) is 0 Å². The molecule has 0 atom stereocenters. The molecule has 0 aliphatic rings. The highest BCUT2D eigenvalue weighted by Gasteiger charge is 2.28. The minimum absolute atomic E-state index is 0.0612. The van der Waals surface area contributed by atoms with Gasteiger partial charge in [-0.25, -0.2) is 4.98 Å². The zero-order valence-corrected chi connectivity index (χ0v) is 9.42. The average Bonchev–Trinajstić information content (AvgIpc) is 2.75. The summed E-state index contributed by atoms with van der Waals surface area (Å²) < 4.78 is 37.0. The van der Waals surface area contributed by atoms with Crippen molar-refractivity contribution in [2.24, 2.45) is 0 Å². The third kappa shape index (κ3) is 3.76. The van der Waals surface area contributed by atoms with E-state index in [1.807, 2.05) is 0 Å². The minimum Gasteiger partial charge on any atom is -0.318 e. The molecule has 0 aliphatic carbocycles. The van der Waals surface area contributed by atoms with Gasteiger partial charge in [0.1, 0.15) is 12.2 Å². The number of rotatable bonds is 3. The van der Waals surface area contributed by atoms with E-state index in [4.69, 9.17) is 0 Å². The number of nitrogens with one attached hydrogen (secondary N) is 1. The highest BCUT2D eigenvalue weighted by Crippen LogP contribution is 2.18. The quantitative estimate of drug-likeness (QED) is 0.917. The number of anilines is 1. The van der Waals surface area contributed by atoms with Crippen molar-refractivity contribution in [1.82, 2.24) is 19.7 Å². The molecule has 2 heterocycles. The minimum atomic E-state index is -4.36. The molecule has 100 valence electrons. The van der Waals surface area contributed by atoms with Gasteiger partial charge in [0, 0.05) is 18.6 Å². The number of halogens is 3. The fourth-order valence-corrected chi connectivity index (χ4v) is 1.31. The Morgan fingerprint density at radius 1 is 1.32 bits per heavy atom. The smallest absolute Gasteiger partial charge is 0.318 e. The van der Waals surface area contributed by atoms with E-state index >= 15 is 0 Å². The van der Waals surface area contributed by atoms with E-state index in [-0.39, 0.29) is 11.4 Å². The van der Waals surface area contributed by atoms with Crippen molar-refractivity contribution in [1.29, 1.82) is 0 Å². The fourth-order valence-electron chi connectivity index (χ4n) is 1.31. The Balaban J connectivity index is 2.03. The summed E-state index contributed by atoms with van der Waals surface area (Å²) >= 11 is 0. The van der Waals surface area contributed by atoms with Crippen molar-refractivity contribution >= 4 is 11.6 Å². The summed E-state index contributed by atoms with van der Waals surface area (Å²) in [4.78, 5) is 19.1. The highest BCUT2D eigenvalue weighted by atomic mass is 19.4. The van der Waals surface area contributed by atoms with Crippen LogP contribution in [-0.4, -0.2) is 31.8 Å². The van der Waals surface area contributed by atoms with Crippen LogP contribution in [0.4, 0.5) is 18.9 Å². The lowest BCUT2D eigenvalue weighted by Gasteiger charge is -2.05. The van der Waals surface area contributed by atoms with Crippen LogP contribution in [0.15, 0.2) is 31.0 Å². The van der Waals surface area contributed by atoms with Crippen LogP contribution in [-0.2, 0) is 6.54 Å². The predicted octanol–water partition coefficient (Wildman–Crippen LogP) is 1.49. The van der Waals surface area contributed by atoms with Gasteiger partial charge in [0.15, 0.2) is 0 Å². The van der Waals surface area contributed by atoms with Gasteiger partial charge in [0.25, 0.3) is 5.91 Å². The highest BCUT2D eigenvalue weighted by molar-refractivity contribution is 6.02. The average molecular weight is 271 g/mol. The van der Waals surface area contributed by atoms with Crippen LogP contribution in [0.3, 0.4) is 0 Å². The molecule has 0 saturated heterocycles. The summed E-state index contributed by atoms with van der Waals surface area (Å²) in [6.07, 6.45) is 1.83. The van der Waals surface area contributed by atoms with Crippen LogP contribution in [0.2, 0.25) is 0 Å². The molecular formula is C10H8F3N5O. The first-order valence-corrected chi connectivity index (χ1v) is 5.10. The molecule has 0 fully saturated rings. The number of hydrogen-bond donors (Lipinski definition) is 1. The Kier molecular flexibility index (Phi) is 3.45.